The van der Waals surface area contributed by atoms with E-state index in [1.165, 1.54) is 0 Å². The minimum absolute atomic E-state index is 0.0608. The Kier molecular flexibility index (Phi) is 5.51. The smallest absolute Gasteiger partial charge is 0.224 e. The first-order valence-corrected chi connectivity index (χ1v) is 6.15. The average Bonchev–Trinajstić information content (AvgIpc) is 2.29. The summed E-state index contributed by atoms with van der Waals surface area (Å²) < 4.78 is 0. The van der Waals surface area contributed by atoms with E-state index in [1.807, 2.05) is 38.4 Å². The zero-order valence-electron chi connectivity index (χ0n) is 10.6. The summed E-state index contributed by atoms with van der Waals surface area (Å²) >= 11 is 4.21. The Labute approximate surface area is 109 Å². The van der Waals surface area contributed by atoms with Crippen molar-refractivity contribution < 1.29 is 4.79 Å². The van der Waals surface area contributed by atoms with Gasteiger partial charge in [-0.1, -0.05) is 12.1 Å². The SMILES string of the molecule is CC(CNC(=O)Cc1ccc(S)cc1)N(C)C. The van der Waals surface area contributed by atoms with Crippen molar-refractivity contribution in [3.05, 3.63) is 29.8 Å². The zero-order chi connectivity index (χ0) is 12.8. The molecule has 0 aliphatic heterocycles. The average molecular weight is 252 g/mol. The van der Waals surface area contributed by atoms with Crippen molar-refractivity contribution in [1.82, 2.24) is 10.2 Å². The van der Waals surface area contributed by atoms with Gasteiger partial charge in [0.25, 0.3) is 0 Å². The lowest BCUT2D eigenvalue weighted by atomic mass is 10.1. The Bertz CT molecular complexity index is 362. The summed E-state index contributed by atoms with van der Waals surface area (Å²) in [6.45, 7) is 2.76. The highest BCUT2D eigenvalue weighted by atomic mass is 32.1. The summed E-state index contributed by atoms with van der Waals surface area (Å²) in [4.78, 5) is 14.7. The van der Waals surface area contributed by atoms with Gasteiger partial charge in [0.05, 0.1) is 6.42 Å². The second kappa shape index (κ2) is 6.67. The van der Waals surface area contributed by atoms with E-state index in [4.69, 9.17) is 0 Å². The standard InChI is InChI=1S/C13H20N2OS/c1-10(15(2)3)9-14-13(16)8-11-4-6-12(17)7-5-11/h4-7,10,17H,8-9H2,1-3H3,(H,14,16). The van der Waals surface area contributed by atoms with Crippen LogP contribution in [0.2, 0.25) is 0 Å². The quantitative estimate of drug-likeness (QED) is 0.780. The number of hydrogen-bond donors (Lipinski definition) is 2. The first kappa shape index (κ1) is 14.1. The number of carbonyl (C=O) groups excluding carboxylic acids is 1. The minimum atomic E-state index is 0.0608. The van der Waals surface area contributed by atoms with Crippen LogP contribution >= 0.6 is 12.6 Å². The molecule has 0 radical (unpaired) electrons. The number of likely N-dealkylation sites (N-methyl/N-ethyl adjacent to an activating group) is 1. The molecule has 0 saturated carbocycles. The normalized spacial score (nSPS) is 12.5. The molecule has 94 valence electrons. The van der Waals surface area contributed by atoms with E-state index in [0.29, 0.717) is 19.0 Å². The summed E-state index contributed by atoms with van der Waals surface area (Å²) in [6.07, 6.45) is 0.425. The highest BCUT2D eigenvalue weighted by Gasteiger charge is 2.07. The van der Waals surface area contributed by atoms with Gasteiger partial charge < -0.3 is 10.2 Å². The Hall–Kier alpha value is -1.00. The maximum absolute atomic E-state index is 11.7. The summed E-state index contributed by atoms with van der Waals surface area (Å²) in [5.74, 6) is 0.0608. The third-order valence-corrected chi connectivity index (χ3v) is 3.08. The van der Waals surface area contributed by atoms with Gasteiger partial charge in [-0.15, -0.1) is 12.6 Å². The second-order valence-electron chi connectivity index (χ2n) is 4.46. The van der Waals surface area contributed by atoms with E-state index in [2.05, 4.69) is 29.8 Å². The summed E-state index contributed by atoms with van der Waals surface area (Å²) in [7, 11) is 4.00. The fraction of sp³-hybridized carbons (Fsp3) is 0.462. The summed E-state index contributed by atoms with van der Waals surface area (Å²) in [5, 5.41) is 2.93. The van der Waals surface area contributed by atoms with Crippen molar-refractivity contribution in [2.75, 3.05) is 20.6 Å². The molecule has 0 fully saturated rings. The van der Waals surface area contributed by atoms with Crippen LogP contribution in [0, 0.1) is 0 Å². The molecule has 0 aromatic heterocycles. The molecule has 1 rings (SSSR count). The van der Waals surface area contributed by atoms with Crippen LogP contribution in [0.4, 0.5) is 0 Å². The van der Waals surface area contributed by atoms with Crippen molar-refractivity contribution in [3.8, 4) is 0 Å². The summed E-state index contributed by atoms with van der Waals surface area (Å²) in [5.41, 5.74) is 1.01. The van der Waals surface area contributed by atoms with Crippen molar-refractivity contribution in [1.29, 1.82) is 0 Å². The molecule has 17 heavy (non-hydrogen) atoms. The van der Waals surface area contributed by atoms with Gasteiger partial charge in [0.15, 0.2) is 0 Å². The molecule has 0 bridgehead atoms. The first-order chi connectivity index (χ1) is 7.99. The van der Waals surface area contributed by atoms with Gasteiger partial charge in [-0.3, -0.25) is 4.79 Å². The number of amides is 1. The minimum Gasteiger partial charge on any atom is -0.354 e. The molecule has 0 aliphatic rings. The second-order valence-corrected chi connectivity index (χ2v) is 4.98. The summed E-state index contributed by atoms with van der Waals surface area (Å²) in [6, 6.07) is 8.00. The third kappa shape index (κ3) is 5.24. The first-order valence-electron chi connectivity index (χ1n) is 5.70. The van der Waals surface area contributed by atoms with Gasteiger partial charge in [-0.05, 0) is 38.7 Å². The topological polar surface area (TPSA) is 32.3 Å². The van der Waals surface area contributed by atoms with Crippen LogP contribution in [-0.2, 0) is 11.2 Å². The third-order valence-electron chi connectivity index (χ3n) is 2.78. The highest BCUT2D eigenvalue weighted by Crippen LogP contribution is 2.08. The molecule has 1 N–H and O–H groups in total. The monoisotopic (exact) mass is 252 g/mol. The van der Waals surface area contributed by atoms with Crippen molar-refractivity contribution in [2.24, 2.45) is 0 Å². The lowest BCUT2D eigenvalue weighted by molar-refractivity contribution is -0.120. The molecular weight excluding hydrogens is 232 g/mol. The van der Waals surface area contributed by atoms with E-state index in [-0.39, 0.29) is 5.91 Å². The number of thiol groups is 1. The molecule has 0 spiro atoms. The Morgan fingerprint density at radius 1 is 1.35 bits per heavy atom. The number of carbonyl (C=O) groups is 1. The van der Waals surface area contributed by atoms with Gasteiger partial charge in [0.2, 0.25) is 5.91 Å². The van der Waals surface area contributed by atoms with Crippen molar-refractivity contribution in [2.45, 2.75) is 24.3 Å². The van der Waals surface area contributed by atoms with Gasteiger partial charge in [-0.2, -0.15) is 0 Å². The molecule has 1 atom stereocenters. The predicted molar refractivity (Wildman–Crippen MR) is 73.6 cm³/mol. The Morgan fingerprint density at radius 3 is 2.47 bits per heavy atom. The van der Waals surface area contributed by atoms with Gasteiger partial charge in [0, 0.05) is 17.5 Å². The fourth-order valence-corrected chi connectivity index (χ4v) is 1.45. The molecule has 1 aromatic carbocycles. The number of nitrogens with one attached hydrogen (secondary N) is 1. The molecule has 1 unspecified atom stereocenters. The highest BCUT2D eigenvalue weighted by molar-refractivity contribution is 7.80. The Morgan fingerprint density at radius 2 is 1.94 bits per heavy atom. The van der Waals surface area contributed by atoms with Crippen molar-refractivity contribution >= 4 is 18.5 Å². The largest absolute Gasteiger partial charge is 0.354 e. The zero-order valence-corrected chi connectivity index (χ0v) is 11.5. The molecule has 0 saturated heterocycles. The van der Waals surface area contributed by atoms with E-state index in [9.17, 15) is 4.79 Å². The molecule has 4 heteroatoms. The van der Waals surface area contributed by atoms with E-state index < -0.39 is 0 Å². The van der Waals surface area contributed by atoms with Crippen LogP contribution in [0.1, 0.15) is 12.5 Å². The maximum atomic E-state index is 11.7. The maximum Gasteiger partial charge on any atom is 0.224 e. The number of benzene rings is 1. The molecule has 1 amide bonds. The van der Waals surface area contributed by atoms with Gasteiger partial charge >= 0.3 is 0 Å². The van der Waals surface area contributed by atoms with Crippen LogP contribution in [0.15, 0.2) is 29.2 Å². The van der Waals surface area contributed by atoms with Crippen LogP contribution in [0.25, 0.3) is 0 Å². The lowest BCUT2D eigenvalue weighted by Crippen LogP contribution is -2.38. The van der Waals surface area contributed by atoms with Crippen molar-refractivity contribution in [3.63, 3.8) is 0 Å². The fourth-order valence-electron chi connectivity index (χ4n) is 1.31. The van der Waals surface area contributed by atoms with E-state index >= 15 is 0 Å². The number of hydrogen-bond acceptors (Lipinski definition) is 3. The number of nitrogens with zero attached hydrogens (tertiary/aromatic N) is 1. The van der Waals surface area contributed by atoms with Crippen LogP contribution in [0.3, 0.4) is 0 Å². The molecule has 0 aliphatic carbocycles. The van der Waals surface area contributed by atoms with E-state index in [0.717, 1.165) is 10.5 Å². The number of rotatable bonds is 5. The predicted octanol–water partition coefficient (Wildman–Crippen LogP) is 1.58. The molecule has 0 heterocycles. The van der Waals surface area contributed by atoms with Gasteiger partial charge in [-0.25, -0.2) is 0 Å². The lowest BCUT2D eigenvalue weighted by Gasteiger charge is -2.19. The molecular formula is C13H20N2OS. The van der Waals surface area contributed by atoms with Crippen LogP contribution < -0.4 is 5.32 Å². The van der Waals surface area contributed by atoms with Gasteiger partial charge in [0.1, 0.15) is 0 Å². The van der Waals surface area contributed by atoms with E-state index in [1.54, 1.807) is 0 Å². The molecule has 1 aromatic rings. The molecule has 3 nitrogen and oxygen atoms in total. The van der Waals surface area contributed by atoms with Crippen LogP contribution in [-0.4, -0.2) is 37.5 Å². The Balaban J connectivity index is 2.37. The van der Waals surface area contributed by atoms with Crippen LogP contribution in [0.5, 0.6) is 0 Å².